The summed E-state index contributed by atoms with van der Waals surface area (Å²) in [5.74, 6) is -4.70. The lowest BCUT2D eigenvalue weighted by Crippen LogP contribution is -2.60. The Hall–Kier alpha value is -1.02. The van der Waals surface area contributed by atoms with E-state index in [1.165, 1.54) is 0 Å². The fraction of sp³-hybridized carbons (Fsp3) is 0.800. The van der Waals surface area contributed by atoms with Gasteiger partial charge in [-0.3, -0.25) is 4.79 Å². The van der Waals surface area contributed by atoms with Crippen LogP contribution < -0.4 is 0 Å². The van der Waals surface area contributed by atoms with E-state index in [1.54, 1.807) is 13.8 Å². The molecule has 0 aromatic heterocycles. The molecule has 98 valence electrons. The fourth-order valence-electron chi connectivity index (χ4n) is 1.45. The van der Waals surface area contributed by atoms with Gasteiger partial charge in [-0.15, -0.1) is 0 Å². The number of carbonyl (C=O) groups excluding carboxylic acids is 1. The van der Waals surface area contributed by atoms with Crippen LogP contribution in [0, 0.1) is 0 Å². The minimum absolute atomic E-state index is 0.151. The lowest BCUT2D eigenvalue weighted by atomic mass is 10.2. The van der Waals surface area contributed by atoms with Crippen molar-refractivity contribution in [1.82, 2.24) is 0 Å². The number of hydrogen-bond acceptors (Lipinski definition) is 6. The van der Waals surface area contributed by atoms with Gasteiger partial charge in [-0.2, -0.15) is 0 Å². The van der Waals surface area contributed by atoms with E-state index in [0.29, 0.717) is 6.29 Å². The van der Waals surface area contributed by atoms with Crippen LogP contribution in [-0.2, 0) is 28.5 Å². The molecule has 1 saturated heterocycles. The van der Waals surface area contributed by atoms with Crippen molar-refractivity contribution in [3.63, 3.8) is 0 Å². The van der Waals surface area contributed by atoms with Gasteiger partial charge in [-0.25, -0.2) is 4.79 Å². The maximum absolute atomic E-state index is 11.1. The topological polar surface area (TPSA) is 91.3 Å². The van der Waals surface area contributed by atoms with Gasteiger partial charge in [0.05, 0.1) is 0 Å². The van der Waals surface area contributed by atoms with E-state index in [1.807, 2.05) is 0 Å². The van der Waals surface area contributed by atoms with E-state index in [-0.39, 0.29) is 19.8 Å². The van der Waals surface area contributed by atoms with Gasteiger partial charge in [0.2, 0.25) is 5.79 Å². The minimum atomic E-state index is -1.86. The van der Waals surface area contributed by atoms with Gasteiger partial charge in [0.15, 0.2) is 6.29 Å². The van der Waals surface area contributed by atoms with E-state index in [2.05, 4.69) is 0 Å². The molecule has 0 bridgehead atoms. The lowest BCUT2D eigenvalue weighted by molar-refractivity contribution is -0.357. The van der Waals surface area contributed by atoms with Crippen LogP contribution in [0.5, 0.6) is 0 Å². The van der Waals surface area contributed by atoms with Crippen LogP contribution in [0.1, 0.15) is 13.8 Å². The van der Waals surface area contributed by atoms with Crippen molar-refractivity contribution in [1.29, 1.82) is 0 Å². The summed E-state index contributed by atoms with van der Waals surface area (Å²) in [5.41, 5.74) is 0. The first kappa shape index (κ1) is 14.0. The summed E-state index contributed by atoms with van der Waals surface area (Å²) >= 11 is 0. The van der Waals surface area contributed by atoms with E-state index < -0.39 is 24.2 Å². The second-order valence-corrected chi connectivity index (χ2v) is 3.43. The zero-order chi connectivity index (χ0) is 12.9. The minimum Gasteiger partial charge on any atom is -0.477 e. The second-order valence-electron chi connectivity index (χ2n) is 3.43. The molecule has 1 N–H and O–H groups in total. The van der Waals surface area contributed by atoms with Crippen LogP contribution in [0.2, 0.25) is 0 Å². The summed E-state index contributed by atoms with van der Waals surface area (Å²) in [7, 11) is 0. The molecule has 17 heavy (non-hydrogen) atoms. The number of carboxylic acids is 1. The normalized spacial score (nSPS) is 33.3. The standard InChI is InChI=1S/C10H16O7/c1-3-14-9(5-11)6-17-10(7-16-9,8(12)13)15-4-2/h5H,3-4,6-7H2,1-2H3,(H,12,13). The van der Waals surface area contributed by atoms with E-state index in [4.69, 9.17) is 24.1 Å². The first-order valence-electron chi connectivity index (χ1n) is 5.29. The predicted octanol–water partition coefficient (Wildman–Crippen LogP) is -0.218. The molecule has 0 aromatic carbocycles. The van der Waals surface area contributed by atoms with Crippen molar-refractivity contribution < 1.29 is 33.6 Å². The number of hydrogen-bond donors (Lipinski definition) is 1. The Morgan fingerprint density at radius 3 is 2.29 bits per heavy atom. The van der Waals surface area contributed by atoms with Gasteiger partial charge in [0, 0.05) is 13.2 Å². The molecule has 2 unspecified atom stereocenters. The highest BCUT2D eigenvalue weighted by Gasteiger charge is 2.51. The molecule has 1 aliphatic rings. The van der Waals surface area contributed by atoms with Crippen molar-refractivity contribution in [3.05, 3.63) is 0 Å². The Morgan fingerprint density at radius 1 is 1.29 bits per heavy atom. The van der Waals surface area contributed by atoms with Crippen molar-refractivity contribution in [2.45, 2.75) is 25.4 Å². The Kier molecular flexibility index (Phi) is 4.58. The zero-order valence-corrected chi connectivity index (χ0v) is 9.80. The summed E-state index contributed by atoms with van der Waals surface area (Å²) in [4.78, 5) is 22.0. The predicted molar refractivity (Wildman–Crippen MR) is 54.3 cm³/mol. The molecule has 1 rings (SSSR count). The van der Waals surface area contributed by atoms with Gasteiger partial charge in [-0.1, -0.05) is 0 Å². The third kappa shape index (κ3) is 2.81. The smallest absolute Gasteiger partial charge is 0.367 e. The Morgan fingerprint density at radius 2 is 1.94 bits per heavy atom. The van der Waals surface area contributed by atoms with E-state index >= 15 is 0 Å². The van der Waals surface area contributed by atoms with Crippen LogP contribution in [-0.4, -0.2) is 55.4 Å². The Bertz CT molecular complexity index is 280. The summed E-state index contributed by atoms with van der Waals surface area (Å²) in [6, 6.07) is 0. The van der Waals surface area contributed by atoms with Crippen LogP contribution >= 0.6 is 0 Å². The van der Waals surface area contributed by atoms with Gasteiger partial charge in [0.1, 0.15) is 13.2 Å². The third-order valence-corrected chi connectivity index (χ3v) is 2.28. The average molecular weight is 248 g/mol. The molecule has 7 nitrogen and oxygen atoms in total. The highest BCUT2D eigenvalue weighted by atomic mass is 16.8. The molecule has 0 radical (unpaired) electrons. The monoisotopic (exact) mass is 248 g/mol. The van der Waals surface area contributed by atoms with Crippen LogP contribution in [0.25, 0.3) is 0 Å². The summed E-state index contributed by atoms with van der Waals surface area (Å²) in [6.45, 7) is 3.00. The molecule has 1 aliphatic heterocycles. The molecule has 0 aromatic rings. The summed E-state index contributed by atoms with van der Waals surface area (Å²) in [5, 5.41) is 9.03. The molecule has 2 atom stereocenters. The van der Waals surface area contributed by atoms with Crippen molar-refractivity contribution in [3.8, 4) is 0 Å². The summed E-state index contributed by atoms with van der Waals surface area (Å²) in [6.07, 6.45) is 0.453. The molecule has 7 heteroatoms. The number of carbonyl (C=O) groups is 2. The van der Waals surface area contributed by atoms with Crippen molar-refractivity contribution >= 4 is 12.3 Å². The van der Waals surface area contributed by atoms with Gasteiger partial charge in [-0.05, 0) is 13.8 Å². The number of carboxylic acid groups (broad SMARTS) is 1. The first-order valence-corrected chi connectivity index (χ1v) is 5.29. The maximum atomic E-state index is 11.1. The van der Waals surface area contributed by atoms with Gasteiger partial charge in [0.25, 0.3) is 5.79 Å². The van der Waals surface area contributed by atoms with Crippen molar-refractivity contribution in [2.75, 3.05) is 26.4 Å². The zero-order valence-electron chi connectivity index (χ0n) is 9.80. The number of aliphatic carboxylic acids is 1. The maximum Gasteiger partial charge on any atom is 0.367 e. The quantitative estimate of drug-likeness (QED) is 0.650. The van der Waals surface area contributed by atoms with Gasteiger partial charge < -0.3 is 24.1 Å². The largest absolute Gasteiger partial charge is 0.477 e. The lowest BCUT2D eigenvalue weighted by Gasteiger charge is -2.40. The Balaban J connectivity index is 2.75. The molecule has 0 aliphatic carbocycles. The average Bonchev–Trinajstić information content (AvgIpc) is 2.32. The highest BCUT2D eigenvalue weighted by Crippen LogP contribution is 2.27. The van der Waals surface area contributed by atoms with E-state index in [0.717, 1.165) is 0 Å². The Labute approximate surface area is 98.6 Å². The third-order valence-electron chi connectivity index (χ3n) is 2.28. The fourth-order valence-corrected chi connectivity index (χ4v) is 1.45. The molecule has 0 saturated carbocycles. The highest BCUT2D eigenvalue weighted by molar-refractivity contribution is 5.76. The van der Waals surface area contributed by atoms with Crippen molar-refractivity contribution in [2.24, 2.45) is 0 Å². The number of ether oxygens (including phenoxy) is 4. The van der Waals surface area contributed by atoms with Crippen LogP contribution in [0.15, 0.2) is 0 Å². The van der Waals surface area contributed by atoms with Crippen LogP contribution in [0.4, 0.5) is 0 Å². The molecule has 0 amide bonds. The number of rotatable bonds is 6. The summed E-state index contributed by atoms with van der Waals surface area (Å²) < 4.78 is 20.4. The molecular weight excluding hydrogens is 232 g/mol. The van der Waals surface area contributed by atoms with E-state index in [9.17, 15) is 9.59 Å². The van der Waals surface area contributed by atoms with Crippen LogP contribution in [0.3, 0.4) is 0 Å². The molecular formula is C10H16O7. The SMILES string of the molecule is CCOC1(C=O)COC(OCC)(C(=O)O)CO1. The molecule has 1 fully saturated rings. The second kappa shape index (κ2) is 5.54. The molecule has 0 spiro atoms. The first-order chi connectivity index (χ1) is 8.04. The van der Waals surface area contributed by atoms with Gasteiger partial charge >= 0.3 is 5.97 Å². The number of aldehydes is 1. The molecule has 1 heterocycles.